The maximum Gasteiger partial charge on any atom is 0.387 e. The average Bonchev–Trinajstić information content (AvgIpc) is 3.38. The highest BCUT2D eigenvalue weighted by molar-refractivity contribution is 6.31. The summed E-state index contributed by atoms with van der Waals surface area (Å²) in [6.45, 7) is 0.862. The van der Waals surface area contributed by atoms with Crippen molar-refractivity contribution in [3.63, 3.8) is 0 Å². The minimum atomic E-state index is -3.10. The number of amidine groups is 1. The van der Waals surface area contributed by atoms with E-state index in [9.17, 15) is 18.4 Å². The minimum Gasteiger partial charge on any atom is -0.434 e. The fraction of sp³-hybridized carbons (Fsp3) is 0.310. The van der Waals surface area contributed by atoms with Gasteiger partial charge in [-0.15, -0.1) is 0 Å². The van der Waals surface area contributed by atoms with Gasteiger partial charge in [0.15, 0.2) is 0 Å². The van der Waals surface area contributed by atoms with Gasteiger partial charge in [-0.2, -0.15) is 13.9 Å². The molecular formula is C29H32ClF2N7O3. The number of allylic oxidation sites excluding steroid dienone is 1. The molecule has 1 saturated heterocycles. The number of amides is 2. The summed E-state index contributed by atoms with van der Waals surface area (Å²) in [4.78, 5) is 34.6. The zero-order chi connectivity index (χ0) is 30.2. The van der Waals surface area contributed by atoms with Gasteiger partial charge >= 0.3 is 6.61 Å². The first-order valence-corrected chi connectivity index (χ1v) is 13.6. The summed E-state index contributed by atoms with van der Waals surface area (Å²) in [5.41, 5.74) is 1.76. The molecule has 0 saturated carbocycles. The molecule has 1 aliphatic heterocycles. The topological polar surface area (TPSA) is 104 Å². The summed E-state index contributed by atoms with van der Waals surface area (Å²) in [6.07, 6.45) is 3.06. The van der Waals surface area contributed by atoms with Crippen molar-refractivity contribution in [2.75, 3.05) is 50.5 Å². The van der Waals surface area contributed by atoms with E-state index in [-0.39, 0.29) is 45.7 Å². The van der Waals surface area contributed by atoms with Crippen LogP contribution in [0.3, 0.4) is 0 Å². The van der Waals surface area contributed by atoms with Crippen molar-refractivity contribution in [2.24, 2.45) is 4.99 Å². The number of aromatic nitrogens is 2. The number of likely N-dealkylation sites (N-methyl/N-ethyl adjacent to an activating group) is 1. The molecule has 0 unspecified atom stereocenters. The van der Waals surface area contributed by atoms with E-state index in [0.29, 0.717) is 32.0 Å². The Labute approximate surface area is 247 Å². The third-order valence-corrected chi connectivity index (χ3v) is 6.96. The molecule has 1 fully saturated rings. The average molecular weight is 600 g/mol. The number of aliphatic imine (C=N–C) groups is 1. The third-order valence-electron chi connectivity index (χ3n) is 6.72. The molecule has 1 aromatic heterocycles. The summed E-state index contributed by atoms with van der Waals surface area (Å²) in [5.74, 6) is -0.529. The molecule has 0 spiro atoms. The molecule has 0 bridgehead atoms. The molecular weight excluding hydrogens is 568 g/mol. The zero-order valence-electron chi connectivity index (χ0n) is 23.5. The molecule has 2 heterocycles. The predicted octanol–water partition coefficient (Wildman–Crippen LogP) is 4.29. The lowest BCUT2D eigenvalue weighted by atomic mass is 10.1. The predicted molar refractivity (Wildman–Crippen MR) is 159 cm³/mol. The number of hydrogen-bond acceptors (Lipinski definition) is 6. The van der Waals surface area contributed by atoms with Gasteiger partial charge in [0, 0.05) is 62.7 Å². The third kappa shape index (κ3) is 7.24. The van der Waals surface area contributed by atoms with Gasteiger partial charge in [0.1, 0.15) is 23.8 Å². The number of halogens is 3. The summed E-state index contributed by atoms with van der Waals surface area (Å²) < 4.78 is 32.5. The number of rotatable bonds is 9. The number of alkyl halides is 2. The molecule has 0 aliphatic carbocycles. The number of nitrogens with zero attached hydrogens (tertiary/aromatic N) is 5. The van der Waals surface area contributed by atoms with Gasteiger partial charge in [0.2, 0.25) is 5.91 Å². The van der Waals surface area contributed by atoms with Crippen LogP contribution in [0.5, 0.6) is 5.75 Å². The summed E-state index contributed by atoms with van der Waals surface area (Å²) in [5, 5.41) is 10.4. The van der Waals surface area contributed by atoms with E-state index in [1.54, 1.807) is 24.9 Å². The van der Waals surface area contributed by atoms with Gasteiger partial charge in [-0.05, 0) is 37.3 Å². The number of benzene rings is 2. The Morgan fingerprint density at radius 2 is 1.86 bits per heavy atom. The lowest BCUT2D eigenvalue weighted by molar-refractivity contribution is -0.132. The van der Waals surface area contributed by atoms with Crippen LogP contribution in [0.4, 0.5) is 20.2 Å². The standard InChI is InChI=1S/C29H32ClF2N7O3/c1-4-21(27(33-2)34-3)28(41)35-23-17-39(36-26(23)22-16-19(30)10-11-24(22)42-29(31)32)18-25(40)38-14-12-37(13-15-38)20-8-6-5-7-9-20/h4-11,16-17,29H,12-15,18H2,1-3H3,(H,33,34)(H,35,41)/b21-4+. The number of hydrogen-bond donors (Lipinski definition) is 2. The van der Waals surface area contributed by atoms with Crippen molar-refractivity contribution in [1.82, 2.24) is 20.0 Å². The first-order chi connectivity index (χ1) is 20.2. The molecule has 0 radical (unpaired) electrons. The normalized spacial score (nSPS) is 14.3. The molecule has 2 amide bonds. The van der Waals surface area contributed by atoms with Crippen molar-refractivity contribution >= 4 is 40.6 Å². The highest BCUT2D eigenvalue weighted by atomic mass is 35.5. The van der Waals surface area contributed by atoms with Gasteiger partial charge in [-0.3, -0.25) is 19.3 Å². The fourth-order valence-corrected chi connectivity index (χ4v) is 4.87. The highest BCUT2D eigenvalue weighted by Crippen LogP contribution is 2.37. The minimum absolute atomic E-state index is 0.109. The summed E-state index contributed by atoms with van der Waals surface area (Å²) >= 11 is 6.20. The molecule has 13 heteroatoms. The van der Waals surface area contributed by atoms with Crippen LogP contribution in [0.1, 0.15) is 6.92 Å². The van der Waals surface area contributed by atoms with Crippen LogP contribution in [0.25, 0.3) is 11.3 Å². The number of anilines is 2. The Bertz CT molecular complexity index is 1470. The van der Waals surface area contributed by atoms with Gasteiger partial charge in [0.05, 0.1) is 11.3 Å². The van der Waals surface area contributed by atoms with E-state index in [2.05, 4.69) is 25.6 Å². The van der Waals surface area contributed by atoms with Crippen molar-refractivity contribution in [2.45, 2.75) is 20.1 Å². The number of nitrogens with one attached hydrogen (secondary N) is 2. The first kappa shape index (κ1) is 30.5. The van der Waals surface area contributed by atoms with E-state index >= 15 is 0 Å². The second-order valence-corrected chi connectivity index (χ2v) is 9.73. The molecule has 222 valence electrons. The van der Waals surface area contributed by atoms with Gasteiger partial charge in [-0.25, -0.2) is 0 Å². The van der Waals surface area contributed by atoms with Gasteiger partial charge < -0.3 is 25.2 Å². The molecule has 2 N–H and O–H groups in total. The van der Waals surface area contributed by atoms with Crippen LogP contribution < -0.4 is 20.3 Å². The molecule has 10 nitrogen and oxygen atoms in total. The second kappa shape index (κ2) is 13.9. The Kier molecular flexibility index (Phi) is 10.1. The summed E-state index contributed by atoms with van der Waals surface area (Å²) in [7, 11) is 3.17. The molecule has 42 heavy (non-hydrogen) atoms. The Morgan fingerprint density at radius 3 is 2.48 bits per heavy atom. The molecule has 4 rings (SSSR count). The van der Waals surface area contributed by atoms with Crippen LogP contribution in [0, 0.1) is 0 Å². The van der Waals surface area contributed by atoms with Crippen LogP contribution in [-0.2, 0) is 16.1 Å². The van der Waals surface area contributed by atoms with E-state index in [1.165, 1.54) is 36.1 Å². The molecule has 1 aliphatic rings. The van der Waals surface area contributed by atoms with Gasteiger partial charge in [0.25, 0.3) is 5.91 Å². The van der Waals surface area contributed by atoms with Crippen LogP contribution in [-0.4, -0.2) is 79.2 Å². The molecule has 3 aromatic rings. The fourth-order valence-electron chi connectivity index (χ4n) is 4.70. The number of para-hydroxylation sites is 1. The lowest BCUT2D eigenvalue weighted by Gasteiger charge is -2.36. The maximum absolute atomic E-state index is 13.3. The maximum atomic E-state index is 13.3. The summed E-state index contributed by atoms with van der Waals surface area (Å²) in [6, 6.07) is 14.1. The Balaban J connectivity index is 1.61. The van der Waals surface area contributed by atoms with E-state index in [0.717, 1.165) is 5.69 Å². The van der Waals surface area contributed by atoms with Crippen LogP contribution >= 0.6 is 11.6 Å². The number of ether oxygens (including phenoxy) is 1. The lowest BCUT2D eigenvalue weighted by Crippen LogP contribution is -2.49. The number of carbonyl (C=O) groups is 2. The van der Waals surface area contributed by atoms with Crippen molar-refractivity contribution in [1.29, 1.82) is 0 Å². The molecule has 0 atom stereocenters. The van der Waals surface area contributed by atoms with E-state index in [4.69, 9.17) is 16.3 Å². The Morgan fingerprint density at radius 1 is 1.14 bits per heavy atom. The van der Waals surface area contributed by atoms with E-state index < -0.39 is 12.5 Å². The monoisotopic (exact) mass is 599 g/mol. The van der Waals surface area contributed by atoms with Gasteiger partial charge in [-0.1, -0.05) is 35.9 Å². The second-order valence-electron chi connectivity index (χ2n) is 9.29. The van der Waals surface area contributed by atoms with Crippen molar-refractivity contribution in [3.05, 3.63) is 71.4 Å². The zero-order valence-corrected chi connectivity index (χ0v) is 24.2. The highest BCUT2D eigenvalue weighted by Gasteiger charge is 2.25. The quantitative estimate of drug-likeness (QED) is 0.216. The van der Waals surface area contributed by atoms with Crippen molar-refractivity contribution in [3.8, 4) is 17.0 Å². The molecule has 2 aromatic carbocycles. The number of piperazine rings is 1. The Hall–Kier alpha value is -4.45. The van der Waals surface area contributed by atoms with Crippen LogP contribution in [0.2, 0.25) is 5.02 Å². The number of carbonyl (C=O) groups excluding carboxylic acids is 2. The van der Waals surface area contributed by atoms with Crippen LogP contribution in [0.15, 0.2) is 71.4 Å². The largest absolute Gasteiger partial charge is 0.434 e. The first-order valence-electron chi connectivity index (χ1n) is 13.3. The SMILES string of the molecule is C/C=C(/C(=O)Nc1cn(CC(=O)N2CCN(c3ccccc3)CC2)nc1-c1cc(Cl)ccc1OC(F)F)C(=NC)NC. The van der Waals surface area contributed by atoms with Crippen molar-refractivity contribution < 1.29 is 23.1 Å². The smallest absolute Gasteiger partial charge is 0.387 e. The van der Waals surface area contributed by atoms with E-state index in [1.807, 2.05) is 30.3 Å².